The van der Waals surface area contributed by atoms with Crippen LogP contribution in [-0.4, -0.2) is 42.9 Å². The van der Waals surface area contributed by atoms with Crippen LogP contribution in [0.1, 0.15) is 23.2 Å². The van der Waals surface area contributed by atoms with Crippen LogP contribution in [-0.2, 0) is 4.79 Å². The SMILES string of the molecule is NCCNC(=O)C1CCCN(C(=O)c2cc(Br)ccc2Cl)C1. The van der Waals surface area contributed by atoms with Crippen LogP contribution in [0, 0.1) is 5.92 Å². The summed E-state index contributed by atoms with van der Waals surface area (Å²) in [5.74, 6) is -0.360. The van der Waals surface area contributed by atoms with Crippen LogP contribution < -0.4 is 11.1 Å². The van der Waals surface area contributed by atoms with Crippen molar-refractivity contribution in [1.29, 1.82) is 0 Å². The van der Waals surface area contributed by atoms with E-state index in [9.17, 15) is 9.59 Å². The second-order valence-electron chi connectivity index (χ2n) is 5.29. The topological polar surface area (TPSA) is 75.4 Å². The fourth-order valence-corrected chi connectivity index (χ4v) is 3.11. The molecule has 1 atom stereocenters. The number of benzene rings is 1. The van der Waals surface area contributed by atoms with Gasteiger partial charge in [0, 0.05) is 30.7 Å². The molecule has 2 amide bonds. The summed E-state index contributed by atoms with van der Waals surface area (Å²) >= 11 is 9.46. The number of amides is 2. The molecule has 1 aliphatic heterocycles. The number of rotatable bonds is 4. The summed E-state index contributed by atoms with van der Waals surface area (Å²) < 4.78 is 0.800. The van der Waals surface area contributed by atoms with Crippen molar-refractivity contribution in [3.63, 3.8) is 0 Å². The van der Waals surface area contributed by atoms with Gasteiger partial charge >= 0.3 is 0 Å². The van der Waals surface area contributed by atoms with E-state index >= 15 is 0 Å². The number of piperidine rings is 1. The van der Waals surface area contributed by atoms with Crippen LogP contribution in [0.3, 0.4) is 0 Å². The molecular formula is C15H19BrClN3O2. The van der Waals surface area contributed by atoms with Crippen LogP contribution in [0.5, 0.6) is 0 Å². The minimum atomic E-state index is -0.185. The van der Waals surface area contributed by atoms with Gasteiger partial charge in [0.1, 0.15) is 0 Å². The van der Waals surface area contributed by atoms with Gasteiger partial charge in [-0.05, 0) is 31.0 Å². The van der Waals surface area contributed by atoms with Crippen molar-refractivity contribution in [2.24, 2.45) is 11.7 Å². The van der Waals surface area contributed by atoms with Crippen LogP contribution >= 0.6 is 27.5 Å². The molecule has 7 heteroatoms. The average molecular weight is 389 g/mol. The van der Waals surface area contributed by atoms with E-state index in [4.69, 9.17) is 17.3 Å². The number of hydrogen-bond acceptors (Lipinski definition) is 3. The van der Waals surface area contributed by atoms with Crippen molar-refractivity contribution < 1.29 is 9.59 Å². The standard InChI is InChI=1S/C15H19BrClN3O2/c16-11-3-4-13(17)12(8-11)15(22)20-7-1-2-10(9-20)14(21)19-6-5-18/h3-4,8,10H,1-2,5-7,9,18H2,(H,19,21). The number of carbonyl (C=O) groups excluding carboxylic acids is 2. The van der Waals surface area contributed by atoms with Gasteiger partial charge in [-0.1, -0.05) is 27.5 Å². The quantitative estimate of drug-likeness (QED) is 0.829. The predicted octanol–water partition coefficient (Wildman–Crippen LogP) is 2.03. The maximum Gasteiger partial charge on any atom is 0.255 e. The Hall–Kier alpha value is -1.11. The molecule has 1 heterocycles. The number of nitrogens with one attached hydrogen (secondary N) is 1. The summed E-state index contributed by atoms with van der Waals surface area (Å²) in [5.41, 5.74) is 5.85. The summed E-state index contributed by atoms with van der Waals surface area (Å²) in [6, 6.07) is 5.19. The summed E-state index contributed by atoms with van der Waals surface area (Å²) in [6.45, 7) is 1.93. The molecule has 1 saturated heterocycles. The van der Waals surface area contributed by atoms with E-state index in [0.29, 0.717) is 36.8 Å². The minimum Gasteiger partial charge on any atom is -0.355 e. The lowest BCUT2D eigenvalue weighted by Gasteiger charge is -2.32. The first kappa shape index (κ1) is 17.2. The first-order valence-corrected chi connectivity index (χ1v) is 8.42. The van der Waals surface area contributed by atoms with Gasteiger partial charge in [0.2, 0.25) is 5.91 Å². The van der Waals surface area contributed by atoms with E-state index in [0.717, 1.165) is 17.3 Å². The highest BCUT2D eigenvalue weighted by Crippen LogP contribution is 2.25. The first-order valence-electron chi connectivity index (χ1n) is 7.25. The van der Waals surface area contributed by atoms with Crippen molar-refractivity contribution in [2.45, 2.75) is 12.8 Å². The Morgan fingerprint density at radius 1 is 1.45 bits per heavy atom. The van der Waals surface area contributed by atoms with E-state index in [2.05, 4.69) is 21.2 Å². The van der Waals surface area contributed by atoms with Gasteiger partial charge in [-0.15, -0.1) is 0 Å². The molecule has 120 valence electrons. The molecule has 0 saturated carbocycles. The molecule has 3 N–H and O–H groups in total. The molecule has 0 radical (unpaired) electrons. The van der Waals surface area contributed by atoms with Gasteiger partial charge in [-0.25, -0.2) is 0 Å². The zero-order valence-corrected chi connectivity index (χ0v) is 14.5. The van der Waals surface area contributed by atoms with Crippen LogP contribution in [0.2, 0.25) is 5.02 Å². The molecule has 1 aromatic rings. The predicted molar refractivity (Wildman–Crippen MR) is 89.8 cm³/mol. The fourth-order valence-electron chi connectivity index (χ4n) is 2.55. The van der Waals surface area contributed by atoms with E-state index in [1.165, 1.54) is 0 Å². The van der Waals surface area contributed by atoms with Crippen LogP contribution in [0.15, 0.2) is 22.7 Å². The summed E-state index contributed by atoms with van der Waals surface area (Å²) in [4.78, 5) is 26.4. The number of likely N-dealkylation sites (tertiary alicyclic amines) is 1. The van der Waals surface area contributed by atoms with E-state index in [1.807, 2.05) is 0 Å². The fraction of sp³-hybridized carbons (Fsp3) is 0.467. The van der Waals surface area contributed by atoms with Crippen molar-refractivity contribution >= 4 is 39.3 Å². The smallest absolute Gasteiger partial charge is 0.255 e. The van der Waals surface area contributed by atoms with Crippen molar-refractivity contribution in [3.05, 3.63) is 33.3 Å². The Morgan fingerprint density at radius 2 is 2.23 bits per heavy atom. The number of hydrogen-bond donors (Lipinski definition) is 2. The van der Waals surface area contributed by atoms with Crippen LogP contribution in [0.4, 0.5) is 0 Å². The Bertz CT molecular complexity index is 568. The lowest BCUT2D eigenvalue weighted by Crippen LogP contribution is -2.46. The molecular weight excluding hydrogens is 370 g/mol. The molecule has 1 fully saturated rings. The second kappa shape index (κ2) is 7.94. The molecule has 0 spiro atoms. The number of nitrogens with two attached hydrogens (primary N) is 1. The van der Waals surface area contributed by atoms with Gasteiger partial charge in [0.05, 0.1) is 16.5 Å². The van der Waals surface area contributed by atoms with Gasteiger partial charge in [-0.2, -0.15) is 0 Å². The van der Waals surface area contributed by atoms with E-state index in [-0.39, 0.29) is 17.7 Å². The molecule has 22 heavy (non-hydrogen) atoms. The third-order valence-electron chi connectivity index (χ3n) is 3.68. The van der Waals surface area contributed by atoms with Gasteiger partial charge in [-0.3, -0.25) is 9.59 Å². The highest BCUT2D eigenvalue weighted by molar-refractivity contribution is 9.10. The summed E-state index contributed by atoms with van der Waals surface area (Å²) in [7, 11) is 0. The molecule has 1 aromatic carbocycles. The maximum absolute atomic E-state index is 12.6. The highest BCUT2D eigenvalue weighted by atomic mass is 79.9. The zero-order chi connectivity index (χ0) is 16.1. The Kier molecular flexibility index (Phi) is 6.23. The number of halogens is 2. The molecule has 0 aliphatic carbocycles. The van der Waals surface area contributed by atoms with Gasteiger partial charge < -0.3 is 16.0 Å². The lowest BCUT2D eigenvalue weighted by atomic mass is 9.96. The van der Waals surface area contributed by atoms with E-state index < -0.39 is 0 Å². The minimum absolute atomic E-state index is 0.0386. The monoisotopic (exact) mass is 387 g/mol. The zero-order valence-electron chi connectivity index (χ0n) is 12.1. The third-order valence-corrected chi connectivity index (χ3v) is 4.50. The summed E-state index contributed by atoms with van der Waals surface area (Å²) in [5, 5.41) is 3.21. The van der Waals surface area contributed by atoms with Crippen molar-refractivity contribution in [2.75, 3.05) is 26.2 Å². The first-order chi connectivity index (χ1) is 10.5. The Labute approximate surface area is 143 Å². The average Bonchev–Trinajstić information content (AvgIpc) is 2.54. The number of nitrogens with zero attached hydrogens (tertiary/aromatic N) is 1. The van der Waals surface area contributed by atoms with Crippen molar-refractivity contribution in [1.82, 2.24) is 10.2 Å². The van der Waals surface area contributed by atoms with Crippen LogP contribution in [0.25, 0.3) is 0 Å². The Morgan fingerprint density at radius 3 is 2.95 bits per heavy atom. The molecule has 1 unspecified atom stereocenters. The molecule has 1 aliphatic rings. The normalized spacial score (nSPS) is 18.1. The Balaban J connectivity index is 2.07. The van der Waals surface area contributed by atoms with Crippen molar-refractivity contribution in [3.8, 4) is 0 Å². The largest absolute Gasteiger partial charge is 0.355 e. The highest BCUT2D eigenvalue weighted by Gasteiger charge is 2.29. The van der Waals surface area contributed by atoms with Gasteiger partial charge in [0.15, 0.2) is 0 Å². The second-order valence-corrected chi connectivity index (χ2v) is 6.62. The summed E-state index contributed by atoms with van der Waals surface area (Å²) in [6.07, 6.45) is 1.59. The third kappa shape index (κ3) is 4.21. The van der Waals surface area contributed by atoms with E-state index in [1.54, 1.807) is 23.1 Å². The molecule has 5 nitrogen and oxygen atoms in total. The molecule has 0 bridgehead atoms. The maximum atomic E-state index is 12.6. The van der Waals surface area contributed by atoms with Gasteiger partial charge in [0.25, 0.3) is 5.91 Å². The molecule has 0 aromatic heterocycles. The number of carbonyl (C=O) groups is 2. The molecule has 2 rings (SSSR count). The lowest BCUT2D eigenvalue weighted by molar-refractivity contribution is -0.126.